The summed E-state index contributed by atoms with van der Waals surface area (Å²) in [5, 5.41) is 2.43. The van der Waals surface area contributed by atoms with Crippen LogP contribution in [0.3, 0.4) is 0 Å². The van der Waals surface area contributed by atoms with Gasteiger partial charge in [-0.1, -0.05) is 36.4 Å². The second-order valence-electron chi connectivity index (χ2n) is 4.01. The number of benzene rings is 2. The Morgan fingerprint density at radius 1 is 0.733 bits per heavy atom. The average Bonchev–Trinajstić information content (AvgIpc) is 2.60. The van der Waals surface area contributed by atoms with E-state index >= 15 is 0 Å². The fourth-order valence-corrected chi connectivity index (χ4v) is 2.10. The van der Waals surface area contributed by atoms with Gasteiger partial charge in [0.05, 0.1) is 0 Å². The maximum Gasteiger partial charge on any atom is 0.138 e. The van der Waals surface area contributed by atoms with Gasteiger partial charge in [0.1, 0.15) is 11.2 Å². The van der Waals surface area contributed by atoms with Gasteiger partial charge < -0.3 is 4.42 Å². The zero-order valence-electron chi connectivity index (χ0n) is 8.87. The monoisotopic (exact) mass is 196 g/mol. The third-order valence-electron chi connectivity index (χ3n) is 2.92. The van der Waals surface area contributed by atoms with Crippen LogP contribution in [0, 0.1) is 13.8 Å². The Balaban J connectivity index is 2.63. The Bertz CT molecular complexity index is 591. The van der Waals surface area contributed by atoms with Crippen molar-refractivity contribution in [2.45, 2.75) is 13.8 Å². The van der Waals surface area contributed by atoms with E-state index in [1.807, 2.05) is 0 Å². The maximum absolute atomic E-state index is 5.91. The number of aryl methyl sites for hydroxylation is 2. The van der Waals surface area contributed by atoms with Crippen LogP contribution in [0.4, 0.5) is 0 Å². The molecule has 0 saturated carbocycles. The predicted molar refractivity (Wildman–Crippen MR) is 63.2 cm³/mol. The van der Waals surface area contributed by atoms with Gasteiger partial charge in [-0.3, -0.25) is 0 Å². The summed E-state index contributed by atoms with van der Waals surface area (Å²) < 4.78 is 5.91. The van der Waals surface area contributed by atoms with Crippen LogP contribution >= 0.6 is 0 Å². The molecule has 15 heavy (non-hydrogen) atoms. The van der Waals surface area contributed by atoms with Crippen molar-refractivity contribution in [2.24, 2.45) is 0 Å². The van der Waals surface area contributed by atoms with Crippen LogP contribution in [0.1, 0.15) is 11.1 Å². The van der Waals surface area contributed by atoms with E-state index in [1.54, 1.807) is 0 Å². The molecule has 0 amide bonds. The first-order valence-electron chi connectivity index (χ1n) is 5.15. The number of hydrogen-bond donors (Lipinski definition) is 0. The molecule has 74 valence electrons. The second-order valence-corrected chi connectivity index (χ2v) is 4.01. The van der Waals surface area contributed by atoms with Crippen molar-refractivity contribution in [3.8, 4) is 0 Å². The molecule has 3 rings (SSSR count). The Morgan fingerprint density at radius 3 is 1.67 bits per heavy atom. The zero-order chi connectivity index (χ0) is 10.4. The van der Waals surface area contributed by atoms with E-state index in [2.05, 4.69) is 50.2 Å². The summed E-state index contributed by atoms with van der Waals surface area (Å²) in [6.07, 6.45) is 0. The highest BCUT2D eigenvalue weighted by molar-refractivity contribution is 6.06. The molecular formula is C14H12O. The minimum atomic E-state index is 1.02. The van der Waals surface area contributed by atoms with Crippen LogP contribution in [-0.4, -0.2) is 0 Å². The summed E-state index contributed by atoms with van der Waals surface area (Å²) >= 11 is 0. The van der Waals surface area contributed by atoms with Gasteiger partial charge in [-0.25, -0.2) is 0 Å². The van der Waals surface area contributed by atoms with Crippen molar-refractivity contribution in [1.82, 2.24) is 0 Å². The molecule has 1 heteroatoms. The van der Waals surface area contributed by atoms with Crippen molar-refractivity contribution in [3.63, 3.8) is 0 Å². The molecule has 0 atom stereocenters. The molecule has 1 nitrogen and oxygen atoms in total. The minimum absolute atomic E-state index is 1.02. The average molecular weight is 196 g/mol. The van der Waals surface area contributed by atoms with Gasteiger partial charge in [-0.15, -0.1) is 0 Å². The molecule has 0 aliphatic carbocycles. The number of furan rings is 1. The lowest BCUT2D eigenvalue weighted by molar-refractivity contribution is 0.662. The summed E-state index contributed by atoms with van der Waals surface area (Å²) in [6, 6.07) is 12.6. The highest BCUT2D eigenvalue weighted by atomic mass is 16.3. The van der Waals surface area contributed by atoms with Gasteiger partial charge in [0.25, 0.3) is 0 Å². The highest BCUT2D eigenvalue weighted by Gasteiger charge is 2.09. The normalized spacial score (nSPS) is 11.3. The molecule has 1 aromatic heterocycles. The molecule has 0 bridgehead atoms. The van der Waals surface area contributed by atoms with Crippen molar-refractivity contribution in [2.75, 3.05) is 0 Å². The molecule has 0 unspecified atom stereocenters. The van der Waals surface area contributed by atoms with E-state index in [0.29, 0.717) is 0 Å². The molecule has 0 aliphatic heterocycles. The van der Waals surface area contributed by atoms with E-state index in [-0.39, 0.29) is 0 Å². The van der Waals surface area contributed by atoms with Gasteiger partial charge in [0, 0.05) is 10.8 Å². The third-order valence-corrected chi connectivity index (χ3v) is 2.92. The van der Waals surface area contributed by atoms with Crippen molar-refractivity contribution >= 4 is 21.9 Å². The van der Waals surface area contributed by atoms with Gasteiger partial charge >= 0.3 is 0 Å². The first-order valence-corrected chi connectivity index (χ1v) is 5.15. The Morgan fingerprint density at radius 2 is 1.20 bits per heavy atom. The predicted octanol–water partition coefficient (Wildman–Crippen LogP) is 4.20. The fourth-order valence-electron chi connectivity index (χ4n) is 2.10. The number of para-hydroxylation sites is 2. The SMILES string of the molecule is Cc1cccc2c1oc1c(C)cccc12. The Kier molecular flexibility index (Phi) is 1.63. The van der Waals surface area contributed by atoms with Gasteiger partial charge in [0.2, 0.25) is 0 Å². The lowest BCUT2D eigenvalue weighted by atomic mass is 10.1. The lowest BCUT2D eigenvalue weighted by Gasteiger charge is -1.91. The summed E-state index contributed by atoms with van der Waals surface area (Å²) in [4.78, 5) is 0. The van der Waals surface area contributed by atoms with Crippen molar-refractivity contribution in [3.05, 3.63) is 47.5 Å². The molecule has 0 saturated heterocycles. The number of hydrogen-bond acceptors (Lipinski definition) is 1. The quantitative estimate of drug-likeness (QED) is 0.525. The van der Waals surface area contributed by atoms with Crippen molar-refractivity contribution < 1.29 is 4.42 Å². The van der Waals surface area contributed by atoms with E-state index in [4.69, 9.17) is 4.42 Å². The second kappa shape index (κ2) is 2.86. The smallest absolute Gasteiger partial charge is 0.138 e. The molecule has 0 radical (unpaired) electrons. The molecule has 0 aliphatic rings. The maximum atomic E-state index is 5.91. The summed E-state index contributed by atoms with van der Waals surface area (Å²) in [6.45, 7) is 4.17. The van der Waals surface area contributed by atoms with Crippen molar-refractivity contribution in [1.29, 1.82) is 0 Å². The van der Waals surface area contributed by atoms with E-state index in [1.165, 1.54) is 21.9 Å². The number of fused-ring (bicyclic) bond motifs is 3. The molecular weight excluding hydrogens is 184 g/mol. The third kappa shape index (κ3) is 1.09. The number of rotatable bonds is 0. The van der Waals surface area contributed by atoms with Crippen LogP contribution in [0.2, 0.25) is 0 Å². The molecule has 3 aromatic rings. The molecule has 0 spiro atoms. The van der Waals surface area contributed by atoms with Crippen LogP contribution in [0.15, 0.2) is 40.8 Å². The molecule has 0 N–H and O–H groups in total. The van der Waals surface area contributed by atoms with Crippen LogP contribution in [0.5, 0.6) is 0 Å². The lowest BCUT2D eigenvalue weighted by Crippen LogP contribution is -1.71. The van der Waals surface area contributed by atoms with E-state index < -0.39 is 0 Å². The van der Waals surface area contributed by atoms with Crippen LogP contribution in [0.25, 0.3) is 21.9 Å². The Labute approximate surface area is 88.3 Å². The fraction of sp³-hybridized carbons (Fsp3) is 0.143. The Hall–Kier alpha value is -1.76. The van der Waals surface area contributed by atoms with Crippen LogP contribution in [-0.2, 0) is 0 Å². The standard InChI is InChI=1S/C14H12O/c1-9-5-3-7-11-12-8-4-6-10(2)14(12)15-13(9)11/h3-8H,1-2H3. The molecule has 0 fully saturated rings. The highest BCUT2D eigenvalue weighted by Crippen LogP contribution is 2.31. The topological polar surface area (TPSA) is 13.1 Å². The van der Waals surface area contributed by atoms with Gasteiger partial charge in [-0.2, -0.15) is 0 Å². The molecule has 1 heterocycles. The largest absolute Gasteiger partial charge is 0.456 e. The van der Waals surface area contributed by atoms with Crippen LogP contribution < -0.4 is 0 Å². The van der Waals surface area contributed by atoms with Gasteiger partial charge in [0.15, 0.2) is 0 Å². The van der Waals surface area contributed by atoms with E-state index in [0.717, 1.165) is 11.2 Å². The summed E-state index contributed by atoms with van der Waals surface area (Å²) in [5.41, 5.74) is 4.43. The first-order chi connectivity index (χ1) is 7.27. The molecule has 2 aromatic carbocycles. The zero-order valence-corrected chi connectivity index (χ0v) is 8.87. The first kappa shape index (κ1) is 8.54. The summed E-state index contributed by atoms with van der Waals surface area (Å²) in [7, 11) is 0. The van der Waals surface area contributed by atoms with Gasteiger partial charge in [-0.05, 0) is 25.0 Å². The minimum Gasteiger partial charge on any atom is -0.456 e. The van der Waals surface area contributed by atoms with E-state index in [9.17, 15) is 0 Å². The summed E-state index contributed by atoms with van der Waals surface area (Å²) in [5.74, 6) is 0.